The first-order chi connectivity index (χ1) is 12.6. The van der Waals surface area contributed by atoms with Crippen molar-refractivity contribution in [3.63, 3.8) is 0 Å². The number of aromatic nitrogens is 1. The van der Waals surface area contributed by atoms with Gasteiger partial charge in [0.25, 0.3) is 0 Å². The molecule has 2 aromatic rings. The van der Waals surface area contributed by atoms with E-state index in [-0.39, 0.29) is 24.5 Å². The number of nitrogen functional groups attached to an aromatic ring is 1. The first kappa shape index (κ1) is 17.7. The summed E-state index contributed by atoms with van der Waals surface area (Å²) in [6, 6.07) is 10.8. The van der Waals surface area contributed by atoms with Crippen LogP contribution < -0.4 is 16.4 Å². The summed E-state index contributed by atoms with van der Waals surface area (Å²) in [5.41, 5.74) is 8.28. The maximum absolute atomic E-state index is 12.5. The van der Waals surface area contributed by atoms with Crippen LogP contribution in [0.15, 0.2) is 48.8 Å². The zero-order valence-electron chi connectivity index (χ0n) is 14.5. The summed E-state index contributed by atoms with van der Waals surface area (Å²) in [6.45, 7) is 1.06. The third-order valence-electron chi connectivity index (χ3n) is 4.48. The van der Waals surface area contributed by atoms with Crippen LogP contribution in [0.1, 0.15) is 30.0 Å². The minimum Gasteiger partial charge on any atom is -0.399 e. The lowest BCUT2D eigenvalue weighted by molar-refractivity contribution is -0.131. The molecule has 136 valence electrons. The van der Waals surface area contributed by atoms with Gasteiger partial charge in [-0.15, -0.1) is 0 Å². The van der Waals surface area contributed by atoms with Gasteiger partial charge >= 0.3 is 6.03 Å². The Morgan fingerprint density at radius 2 is 2.00 bits per heavy atom. The second kappa shape index (κ2) is 8.33. The van der Waals surface area contributed by atoms with Gasteiger partial charge in [-0.1, -0.05) is 18.2 Å². The molecule has 1 saturated heterocycles. The number of anilines is 1. The summed E-state index contributed by atoms with van der Waals surface area (Å²) in [5.74, 6) is -0.0843. The molecule has 26 heavy (non-hydrogen) atoms. The molecule has 1 aromatic heterocycles. The van der Waals surface area contributed by atoms with E-state index in [9.17, 15) is 9.59 Å². The predicted octanol–water partition coefficient (Wildman–Crippen LogP) is 1.83. The van der Waals surface area contributed by atoms with Crippen molar-refractivity contribution >= 4 is 17.6 Å². The number of hydrogen-bond acceptors (Lipinski definition) is 4. The van der Waals surface area contributed by atoms with Crippen LogP contribution in [-0.2, 0) is 11.3 Å². The number of nitrogens with zero attached hydrogens (tertiary/aromatic N) is 2. The van der Waals surface area contributed by atoms with E-state index in [2.05, 4.69) is 15.6 Å². The van der Waals surface area contributed by atoms with Crippen molar-refractivity contribution in [2.75, 3.05) is 18.8 Å². The highest BCUT2D eigenvalue weighted by atomic mass is 16.2. The summed E-state index contributed by atoms with van der Waals surface area (Å²) in [7, 11) is 0. The van der Waals surface area contributed by atoms with Crippen LogP contribution in [0.5, 0.6) is 0 Å². The summed E-state index contributed by atoms with van der Waals surface area (Å²) in [5, 5.41) is 5.37. The van der Waals surface area contributed by atoms with Crippen molar-refractivity contribution in [1.82, 2.24) is 20.5 Å². The van der Waals surface area contributed by atoms with Crippen molar-refractivity contribution in [3.05, 3.63) is 59.9 Å². The highest BCUT2D eigenvalue weighted by Gasteiger charge is 2.29. The number of carbonyl (C=O) groups is 2. The third kappa shape index (κ3) is 4.50. The molecule has 1 aliphatic heterocycles. The maximum Gasteiger partial charge on any atom is 0.315 e. The highest BCUT2D eigenvalue weighted by Crippen LogP contribution is 2.31. The lowest BCUT2D eigenvalue weighted by atomic mass is 10.1. The molecule has 1 fully saturated rings. The van der Waals surface area contributed by atoms with E-state index in [1.807, 2.05) is 29.2 Å². The molecule has 1 aromatic carbocycles. The molecule has 7 nitrogen and oxygen atoms in total. The summed E-state index contributed by atoms with van der Waals surface area (Å²) in [4.78, 5) is 30.4. The fourth-order valence-electron chi connectivity index (χ4n) is 3.12. The zero-order valence-corrected chi connectivity index (χ0v) is 14.5. The normalized spacial score (nSPS) is 16.3. The predicted molar refractivity (Wildman–Crippen MR) is 99.0 cm³/mol. The largest absolute Gasteiger partial charge is 0.399 e. The van der Waals surface area contributed by atoms with Crippen LogP contribution in [0.4, 0.5) is 10.5 Å². The second-order valence-electron chi connectivity index (χ2n) is 6.31. The van der Waals surface area contributed by atoms with Gasteiger partial charge in [0, 0.05) is 31.2 Å². The molecule has 0 saturated carbocycles. The SMILES string of the molecule is Nc1ccc(CNC(=O)NCC(=O)N2CCC[C@@H]2c2cccnc2)cc1. The van der Waals surface area contributed by atoms with Crippen LogP contribution in [0.3, 0.4) is 0 Å². The molecule has 3 rings (SSSR count). The maximum atomic E-state index is 12.5. The monoisotopic (exact) mass is 353 g/mol. The number of rotatable bonds is 5. The Morgan fingerprint density at radius 3 is 2.73 bits per heavy atom. The number of carbonyl (C=O) groups excluding carboxylic acids is 2. The summed E-state index contributed by atoms with van der Waals surface area (Å²) >= 11 is 0. The number of benzene rings is 1. The van der Waals surface area contributed by atoms with Crippen molar-refractivity contribution in [2.24, 2.45) is 0 Å². The van der Waals surface area contributed by atoms with E-state index in [4.69, 9.17) is 5.73 Å². The van der Waals surface area contributed by atoms with Gasteiger partial charge in [0.2, 0.25) is 5.91 Å². The molecule has 4 N–H and O–H groups in total. The zero-order chi connectivity index (χ0) is 18.4. The summed E-state index contributed by atoms with van der Waals surface area (Å²) < 4.78 is 0. The average molecular weight is 353 g/mol. The van der Waals surface area contributed by atoms with E-state index >= 15 is 0 Å². The minimum atomic E-state index is -0.368. The van der Waals surface area contributed by atoms with Crippen LogP contribution >= 0.6 is 0 Å². The topological polar surface area (TPSA) is 100 Å². The molecule has 1 atom stereocenters. The number of pyridine rings is 1. The molecule has 2 heterocycles. The average Bonchev–Trinajstić information content (AvgIpc) is 3.16. The van der Waals surface area contributed by atoms with Crippen LogP contribution in [0.2, 0.25) is 0 Å². The molecule has 0 spiro atoms. The fraction of sp³-hybridized carbons (Fsp3) is 0.316. The molecular weight excluding hydrogens is 330 g/mol. The Kier molecular flexibility index (Phi) is 5.68. The highest BCUT2D eigenvalue weighted by molar-refractivity contribution is 5.84. The lowest BCUT2D eigenvalue weighted by Crippen LogP contribution is -2.43. The van der Waals surface area contributed by atoms with Gasteiger partial charge in [-0.2, -0.15) is 0 Å². The van der Waals surface area contributed by atoms with Gasteiger partial charge in [0.05, 0.1) is 12.6 Å². The van der Waals surface area contributed by atoms with E-state index < -0.39 is 0 Å². The van der Waals surface area contributed by atoms with Gasteiger partial charge in [-0.05, 0) is 42.2 Å². The van der Waals surface area contributed by atoms with E-state index in [1.165, 1.54) is 0 Å². The first-order valence-corrected chi connectivity index (χ1v) is 8.69. The van der Waals surface area contributed by atoms with Gasteiger partial charge in [-0.3, -0.25) is 9.78 Å². The van der Waals surface area contributed by atoms with Crippen LogP contribution in [0, 0.1) is 0 Å². The Labute approximate surface area is 152 Å². The van der Waals surface area contributed by atoms with Crippen molar-refractivity contribution in [3.8, 4) is 0 Å². The number of hydrogen-bond donors (Lipinski definition) is 3. The fourth-order valence-corrected chi connectivity index (χ4v) is 3.12. The molecular formula is C19H23N5O2. The minimum absolute atomic E-state index is 0.0235. The number of urea groups is 1. The van der Waals surface area contributed by atoms with Crippen LogP contribution in [-0.4, -0.2) is 34.9 Å². The Morgan fingerprint density at radius 1 is 1.19 bits per heavy atom. The van der Waals surface area contributed by atoms with Gasteiger partial charge < -0.3 is 21.3 Å². The molecule has 3 amide bonds. The van der Waals surface area contributed by atoms with Crippen LogP contribution in [0.25, 0.3) is 0 Å². The third-order valence-corrected chi connectivity index (χ3v) is 4.48. The Hall–Kier alpha value is -3.09. The van der Waals surface area contributed by atoms with Crippen molar-refractivity contribution < 1.29 is 9.59 Å². The Bertz CT molecular complexity index is 748. The molecule has 0 unspecified atom stereocenters. The standard InChI is InChI=1S/C19H23N5O2/c20-16-7-5-14(6-8-16)11-22-19(26)23-13-18(25)24-10-2-4-17(24)15-3-1-9-21-12-15/h1,3,5-9,12,17H,2,4,10-11,13,20H2,(H2,22,23,26)/t17-/m1/s1. The van der Waals surface area contributed by atoms with Gasteiger partial charge in [0.1, 0.15) is 0 Å². The molecule has 1 aliphatic rings. The number of amides is 3. The lowest BCUT2D eigenvalue weighted by Gasteiger charge is -2.25. The molecule has 0 radical (unpaired) electrons. The number of nitrogens with two attached hydrogens (primary N) is 1. The quantitative estimate of drug-likeness (QED) is 0.714. The Balaban J connectivity index is 1.47. The molecule has 0 bridgehead atoms. The second-order valence-corrected chi connectivity index (χ2v) is 6.31. The van der Waals surface area contributed by atoms with E-state index in [0.717, 1.165) is 24.0 Å². The van der Waals surface area contributed by atoms with Crippen molar-refractivity contribution in [1.29, 1.82) is 0 Å². The van der Waals surface area contributed by atoms with Crippen molar-refractivity contribution in [2.45, 2.75) is 25.4 Å². The number of nitrogens with one attached hydrogen (secondary N) is 2. The van der Waals surface area contributed by atoms with Gasteiger partial charge in [0.15, 0.2) is 0 Å². The number of likely N-dealkylation sites (tertiary alicyclic amines) is 1. The molecule has 0 aliphatic carbocycles. The van der Waals surface area contributed by atoms with E-state index in [0.29, 0.717) is 18.8 Å². The van der Waals surface area contributed by atoms with Gasteiger partial charge in [-0.25, -0.2) is 4.79 Å². The van der Waals surface area contributed by atoms with E-state index in [1.54, 1.807) is 24.5 Å². The molecule has 7 heteroatoms. The first-order valence-electron chi connectivity index (χ1n) is 8.69. The smallest absolute Gasteiger partial charge is 0.315 e. The summed E-state index contributed by atoms with van der Waals surface area (Å²) in [6.07, 6.45) is 5.38.